The minimum absolute atomic E-state index is 0.0339. The lowest BCUT2D eigenvalue weighted by Gasteiger charge is -2.28. The van der Waals surface area contributed by atoms with Crippen molar-refractivity contribution >= 4 is 6.08 Å². The highest BCUT2D eigenvalue weighted by molar-refractivity contribution is 5.51. The molecule has 0 aliphatic heterocycles. The first-order valence-electron chi connectivity index (χ1n) is 7.42. The first-order valence-corrected chi connectivity index (χ1v) is 7.42. The van der Waals surface area contributed by atoms with Crippen LogP contribution in [0.4, 0.5) is 13.2 Å². The standard InChI is InChI=1S/C17H21F3/c1-2-3-12-4-6-13(7-5-12)14-8-9-15(11-17(19)20)16(18)10-14/h8-13H,2-7H2,1H3/t12-,13-. The second kappa shape index (κ2) is 6.96. The molecule has 1 aliphatic carbocycles. The number of rotatable bonds is 4. The number of hydrogen-bond acceptors (Lipinski definition) is 0. The average molecular weight is 282 g/mol. The first kappa shape index (κ1) is 15.1. The van der Waals surface area contributed by atoms with Gasteiger partial charge in [0.2, 0.25) is 0 Å². The summed E-state index contributed by atoms with van der Waals surface area (Å²) in [7, 11) is 0. The molecule has 3 heteroatoms. The van der Waals surface area contributed by atoms with Gasteiger partial charge in [0.15, 0.2) is 0 Å². The van der Waals surface area contributed by atoms with E-state index in [1.807, 2.05) is 0 Å². The van der Waals surface area contributed by atoms with E-state index >= 15 is 0 Å². The van der Waals surface area contributed by atoms with Gasteiger partial charge < -0.3 is 0 Å². The predicted octanol–water partition coefficient (Wildman–Crippen LogP) is 6.14. The molecular weight excluding hydrogens is 261 g/mol. The first-order chi connectivity index (χ1) is 9.60. The molecule has 110 valence electrons. The average Bonchev–Trinajstić information content (AvgIpc) is 2.42. The Kier molecular flexibility index (Phi) is 5.27. The van der Waals surface area contributed by atoms with Crippen LogP contribution in [0, 0.1) is 11.7 Å². The van der Waals surface area contributed by atoms with Gasteiger partial charge in [-0.15, -0.1) is 0 Å². The quantitative estimate of drug-likeness (QED) is 0.622. The van der Waals surface area contributed by atoms with Crippen molar-refractivity contribution in [2.45, 2.75) is 51.4 Å². The Hall–Kier alpha value is -1.25. The summed E-state index contributed by atoms with van der Waals surface area (Å²) in [6.45, 7) is 2.21. The zero-order chi connectivity index (χ0) is 14.5. The third-order valence-electron chi connectivity index (χ3n) is 4.30. The summed E-state index contributed by atoms with van der Waals surface area (Å²) in [6, 6.07) is 4.68. The molecule has 20 heavy (non-hydrogen) atoms. The van der Waals surface area contributed by atoms with E-state index in [9.17, 15) is 13.2 Å². The molecule has 0 saturated heterocycles. The molecule has 0 spiro atoms. The smallest absolute Gasteiger partial charge is 0.206 e. The summed E-state index contributed by atoms with van der Waals surface area (Å²) in [6.07, 6.45) is 5.77. The van der Waals surface area contributed by atoms with Crippen LogP contribution in [0.5, 0.6) is 0 Å². The van der Waals surface area contributed by atoms with E-state index in [0.717, 1.165) is 24.3 Å². The molecule has 0 atom stereocenters. The fraction of sp³-hybridized carbons (Fsp3) is 0.529. The van der Waals surface area contributed by atoms with Gasteiger partial charge in [-0.25, -0.2) is 4.39 Å². The van der Waals surface area contributed by atoms with Crippen LogP contribution in [-0.4, -0.2) is 0 Å². The fourth-order valence-corrected chi connectivity index (χ4v) is 3.22. The van der Waals surface area contributed by atoms with Gasteiger partial charge in [-0.1, -0.05) is 31.9 Å². The minimum atomic E-state index is -1.86. The van der Waals surface area contributed by atoms with Crippen LogP contribution in [0.2, 0.25) is 0 Å². The number of halogens is 3. The molecule has 1 saturated carbocycles. The van der Waals surface area contributed by atoms with Crippen LogP contribution in [0.3, 0.4) is 0 Å². The van der Waals surface area contributed by atoms with Crippen molar-refractivity contribution in [2.75, 3.05) is 0 Å². The van der Waals surface area contributed by atoms with Crippen LogP contribution in [0.1, 0.15) is 62.5 Å². The molecule has 0 aromatic heterocycles. The largest absolute Gasteiger partial charge is 0.271 e. The van der Waals surface area contributed by atoms with Crippen molar-refractivity contribution in [3.05, 3.63) is 41.2 Å². The third-order valence-corrected chi connectivity index (χ3v) is 4.30. The maximum Gasteiger partial charge on any atom is 0.271 e. The lowest BCUT2D eigenvalue weighted by atomic mass is 9.77. The Morgan fingerprint density at radius 1 is 1.20 bits per heavy atom. The zero-order valence-corrected chi connectivity index (χ0v) is 11.8. The Labute approximate surface area is 118 Å². The summed E-state index contributed by atoms with van der Waals surface area (Å²) in [5, 5.41) is 0. The Morgan fingerprint density at radius 3 is 2.45 bits per heavy atom. The summed E-state index contributed by atoms with van der Waals surface area (Å²) in [4.78, 5) is 0. The van der Waals surface area contributed by atoms with Crippen LogP contribution >= 0.6 is 0 Å². The Morgan fingerprint density at radius 2 is 1.90 bits per heavy atom. The zero-order valence-electron chi connectivity index (χ0n) is 11.8. The van der Waals surface area contributed by atoms with Crippen molar-refractivity contribution < 1.29 is 13.2 Å². The van der Waals surface area contributed by atoms with E-state index in [1.54, 1.807) is 6.07 Å². The summed E-state index contributed by atoms with van der Waals surface area (Å²) < 4.78 is 38.1. The monoisotopic (exact) mass is 282 g/mol. The molecule has 0 nitrogen and oxygen atoms in total. The molecule has 0 heterocycles. The number of benzene rings is 1. The molecule has 0 N–H and O–H groups in total. The fourth-order valence-electron chi connectivity index (χ4n) is 3.22. The highest BCUT2D eigenvalue weighted by Crippen LogP contribution is 2.37. The van der Waals surface area contributed by atoms with Gasteiger partial charge in [-0.05, 0) is 49.1 Å². The second-order valence-electron chi connectivity index (χ2n) is 5.72. The van der Waals surface area contributed by atoms with Gasteiger partial charge in [-0.3, -0.25) is 0 Å². The summed E-state index contributed by atoms with van der Waals surface area (Å²) in [5.41, 5.74) is 0.919. The van der Waals surface area contributed by atoms with Crippen molar-refractivity contribution in [3.63, 3.8) is 0 Å². The summed E-state index contributed by atoms with van der Waals surface area (Å²) in [5.74, 6) is 0.640. The normalized spacial score (nSPS) is 22.6. The molecule has 1 fully saturated rings. The molecule has 1 aromatic carbocycles. The van der Waals surface area contributed by atoms with Gasteiger partial charge in [0.05, 0.1) is 0 Å². The van der Waals surface area contributed by atoms with Crippen molar-refractivity contribution in [1.82, 2.24) is 0 Å². The van der Waals surface area contributed by atoms with Crippen LogP contribution in [0.25, 0.3) is 6.08 Å². The van der Waals surface area contributed by atoms with Crippen LogP contribution in [-0.2, 0) is 0 Å². The van der Waals surface area contributed by atoms with Crippen LogP contribution < -0.4 is 0 Å². The number of hydrogen-bond donors (Lipinski definition) is 0. The second-order valence-corrected chi connectivity index (χ2v) is 5.72. The van der Waals surface area contributed by atoms with Gasteiger partial charge in [0.25, 0.3) is 6.08 Å². The summed E-state index contributed by atoms with van der Waals surface area (Å²) >= 11 is 0. The molecule has 1 aromatic rings. The molecule has 0 bridgehead atoms. The van der Waals surface area contributed by atoms with E-state index in [1.165, 1.54) is 37.8 Å². The Bertz CT molecular complexity index is 467. The van der Waals surface area contributed by atoms with E-state index in [4.69, 9.17) is 0 Å². The topological polar surface area (TPSA) is 0 Å². The molecule has 2 rings (SSSR count). The van der Waals surface area contributed by atoms with E-state index in [0.29, 0.717) is 12.0 Å². The van der Waals surface area contributed by atoms with E-state index in [2.05, 4.69) is 6.92 Å². The Balaban J connectivity index is 2.04. The maximum absolute atomic E-state index is 13.8. The minimum Gasteiger partial charge on any atom is -0.206 e. The lowest BCUT2D eigenvalue weighted by molar-refractivity contribution is 0.308. The van der Waals surface area contributed by atoms with E-state index < -0.39 is 11.9 Å². The van der Waals surface area contributed by atoms with E-state index in [-0.39, 0.29) is 5.56 Å². The maximum atomic E-state index is 13.8. The third kappa shape index (κ3) is 3.87. The molecule has 0 radical (unpaired) electrons. The predicted molar refractivity (Wildman–Crippen MR) is 76.2 cm³/mol. The van der Waals surface area contributed by atoms with Gasteiger partial charge in [0.1, 0.15) is 5.82 Å². The van der Waals surface area contributed by atoms with Crippen molar-refractivity contribution in [1.29, 1.82) is 0 Å². The molecular formula is C17H21F3. The van der Waals surface area contributed by atoms with Crippen LogP contribution in [0.15, 0.2) is 24.3 Å². The van der Waals surface area contributed by atoms with Gasteiger partial charge in [0, 0.05) is 11.6 Å². The van der Waals surface area contributed by atoms with Crippen molar-refractivity contribution in [2.24, 2.45) is 5.92 Å². The highest BCUT2D eigenvalue weighted by Gasteiger charge is 2.22. The van der Waals surface area contributed by atoms with Gasteiger partial charge in [-0.2, -0.15) is 8.78 Å². The van der Waals surface area contributed by atoms with Gasteiger partial charge >= 0.3 is 0 Å². The lowest BCUT2D eigenvalue weighted by Crippen LogP contribution is -2.13. The van der Waals surface area contributed by atoms with Crippen molar-refractivity contribution in [3.8, 4) is 0 Å². The molecule has 1 aliphatic rings. The molecule has 0 unspecified atom stereocenters. The molecule has 0 amide bonds. The highest BCUT2D eigenvalue weighted by atomic mass is 19.3. The SMILES string of the molecule is CCC[C@H]1CC[C@H](c2ccc(C=C(F)F)c(F)c2)CC1.